The van der Waals surface area contributed by atoms with Gasteiger partial charge in [0.1, 0.15) is 17.4 Å². The lowest BCUT2D eigenvalue weighted by Crippen LogP contribution is -2.37. The molecule has 0 bridgehead atoms. The van der Waals surface area contributed by atoms with Crippen LogP contribution in [0, 0.1) is 5.92 Å². The number of aromatic nitrogens is 1. The van der Waals surface area contributed by atoms with Crippen molar-refractivity contribution in [1.82, 2.24) is 10.3 Å². The lowest BCUT2D eigenvalue weighted by atomic mass is 10.0. The zero-order valence-corrected chi connectivity index (χ0v) is 18.3. The fourth-order valence-corrected chi connectivity index (χ4v) is 3.04. The molecule has 1 aromatic heterocycles. The zero-order valence-electron chi connectivity index (χ0n) is 16.7. The topological polar surface area (TPSA) is 107 Å². The summed E-state index contributed by atoms with van der Waals surface area (Å²) in [5.74, 6) is -0.151. The van der Waals surface area contributed by atoms with Crippen molar-refractivity contribution >= 4 is 27.9 Å². The first-order chi connectivity index (χ1) is 13.0. The van der Waals surface area contributed by atoms with Crippen LogP contribution >= 0.6 is 15.9 Å². The van der Waals surface area contributed by atoms with Crippen molar-refractivity contribution < 1.29 is 18.7 Å². The molecule has 28 heavy (non-hydrogen) atoms. The van der Waals surface area contributed by atoms with Crippen LogP contribution in [0.4, 0.5) is 4.79 Å². The van der Waals surface area contributed by atoms with Crippen LogP contribution in [-0.4, -0.2) is 22.6 Å². The molecule has 0 saturated carbocycles. The molecule has 1 atom stereocenters. The van der Waals surface area contributed by atoms with Crippen LogP contribution in [0.3, 0.4) is 0 Å². The van der Waals surface area contributed by atoms with Gasteiger partial charge in [0.2, 0.25) is 5.89 Å². The van der Waals surface area contributed by atoms with E-state index < -0.39 is 23.6 Å². The lowest BCUT2D eigenvalue weighted by molar-refractivity contribution is 0.0478. The van der Waals surface area contributed by atoms with Gasteiger partial charge in [0.25, 0.3) is 5.91 Å². The number of carbonyl (C=O) groups excluding carboxylic acids is 2. The molecular formula is C20H26BrN3O4. The van der Waals surface area contributed by atoms with E-state index in [2.05, 4.69) is 26.2 Å². The van der Waals surface area contributed by atoms with Crippen LogP contribution in [0.15, 0.2) is 33.2 Å². The van der Waals surface area contributed by atoms with Crippen molar-refractivity contribution in [2.75, 3.05) is 0 Å². The van der Waals surface area contributed by atoms with E-state index in [-0.39, 0.29) is 17.5 Å². The normalized spacial score (nSPS) is 12.7. The predicted molar refractivity (Wildman–Crippen MR) is 109 cm³/mol. The van der Waals surface area contributed by atoms with Gasteiger partial charge in [-0.3, -0.25) is 4.79 Å². The van der Waals surface area contributed by atoms with Crippen LogP contribution in [0.25, 0.3) is 0 Å². The Balaban J connectivity index is 2.32. The third-order valence-corrected chi connectivity index (χ3v) is 4.30. The molecule has 7 nitrogen and oxygen atoms in total. The van der Waals surface area contributed by atoms with Gasteiger partial charge in [0, 0.05) is 10.9 Å². The second-order valence-electron chi connectivity index (χ2n) is 7.86. The molecule has 0 spiro atoms. The largest absolute Gasteiger partial charge is 0.444 e. The summed E-state index contributed by atoms with van der Waals surface area (Å²) >= 11 is 3.42. The lowest BCUT2D eigenvalue weighted by Gasteiger charge is -2.24. The molecule has 2 aromatic rings. The average Bonchev–Trinajstić information content (AvgIpc) is 2.94. The molecule has 0 aliphatic rings. The fourth-order valence-electron chi connectivity index (χ4n) is 2.60. The highest BCUT2D eigenvalue weighted by Crippen LogP contribution is 2.26. The SMILES string of the molecule is CC(C)[C@H](NC(=O)OC(C)(C)C)c1nc(C(N)=O)c(Cc2cccc(Br)c2)o1. The summed E-state index contributed by atoms with van der Waals surface area (Å²) in [4.78, 5) is 28.4. The van der Waals surface area contributed by atoms with E-state index in [4.69, 9.17) is 14.9 Å². The number of primary amides is 1. The van der Waals surface area contributed by atoms with Crippen molar-refractivity contribution in [3.05, 3.63) is 51.6 Å². The quantitative estimate of drug-likeness (QED) is 0.678. The Morgan fingerprint density at radius 2 is 2.00 bits per heavy atom. The monoisotopic (exact) mass is 451 g/mol. The van der Waals surface area contributed by atoms with E-state index in [1.807, 2.05) is 38.1 Å². The average molecular weight is 452 g/mol. The Bertz CT molecular complexity index is 855. The number of nitrogens with two attached hydrogens (primary N) is 1. The molecule has 152 valence electrons. The van der Waals surface area contributed by atoms with E-state index in [0.717, 1.165) is 10.0 Å². The summed E-state index contributed by atoms with van der Waals surface area (Å²) < 4.78 is 12.1. The van der Waals surface area contributed by atoms with Crippen LogP contribution in [0.5, 0.6) is 0 Å². The van der Waals surface area contributed by atoms with E-state index >= 15 is 0 Å². The summed E-state index contributed by atoms with van der Waals surface area (Å²) in [6.07, 6.45) is -0.235. The third-order valence-electron chi connectivity index (χ3n) is 3.81. The van der Waals surface area contributed by atoms with Gasteiger partial charge in [-0.2, -0.15) is 0 Å². The maximum Gasteiger partial charge on any atom is 0.408 e. The van der Waals surface area contributed by atoms with Gasteiger partial charge in [-0.25, -0.2) is 9.78 Å². The van der Waals surface area contributed by atoms with Gasteiger partial charge in [-0.05, 0) is 44.4 Å². The van der Waals surface area contributed by atoms with E-state index in [1.54, 1.807) is 20.8 Å². The molecule has 1 aromatic carbocycles. The van der Waals surface area contributed by atoms with Crippen LogP contribution in [-0.2, 0) is 11.2 Å². The van der Waals surface area contributed by atoms with E-state index in [9.17, 15) is 9.59 Å². The number of hydrogen-bond acceptors (Lipinski definition) is 5. The number of oxazole rings is 1. The van der Waals surface area contributed by atoms with Crippen LogP contribution < -0.4 is 11.1 Å². The minimum Gasteiger partial charge on any atom is -0.444 e. The Morgan fingerprint density at radius 3 is 2.54 bits per heavy atom. The number of carbonyl (C=O) groups is 2. The Morgan fingerprint density at radius 1 is 1.32 bits per heavy atom. The number of hydrogen-bond donors (Lipinski definition) is 2. The van der Waals surface area contributed by atoms with Crippen molar-refractivity contribution in [3.8, 4) is 0 Å². The van der Waals surface area contributed by atoms with Crippen molar-refractivity contribution in [2.24, 2.45) is 11.7 Å². The molecule has 0 saturated heterocycles. The Kier molecular flexibility index (Phi) is 6.87. The molecule has 0 unspecified atom stereocenters. The number of ether oxygens (including phenoxy) is 1. The number of halogens is 1. The molecule has 1 heterocycles. The van der Waals surface area contributed by atoms with Gasteiger partial charge >= 0.3 is 6.09 Å². The minimum absolute atomic E-state index is 0.0504. The Labute approximate surface area is 173 Å². The predicted octanol–water partition coefficient (Wildman–Crippen LogP) is 4.35. The molecule has 0 fully saturated rings. The van der Waals surface area contributed by atoms with Crippen LogP contribution in [0.1, 0.15) is 68.4 Å². The molecule has 8 heteroatoms. The highest BCUT2D eigenvalue weighted by Gasteiger charge is 2.29. The fraction of sp³-hybridized carbons (Fsp3) is 0.450. The number of nitrogens with zero attached hydrogens (tertiary/aromatic N) is 1. The van der Waals surface area contributed by atoms with Gasteiger partial charge < -0.3 is 20.2 Å². The number of nitrogens with one attached hydrogen (secondary N) is 1. The highest BCUT2D eigenvalue weighted by molar-refractivity contribution is 9.10. The van der Waals surface area contributed by atoms with Crippen LogP contribution in [0.2, 0.25) is 0 Å². The summed E-state index contributed by atoms with van der Waals surface area (Å²) in [6, 6.07) is 7.07. The second kappa shape index (κ2) is 8.77. The van der Waals surface area contributed by atoms with Gasteiger partial charge in [-0.1, -0.05) is 41.9 Å². The smallest absolute Gasteiger partial charge is 0.408 e. The second-order valence-corrected chi connectivity index (χ2v) is 8.78. The molecule has 0 radical (unpaired) electrons. The molecule has 0 aliphatic carbocycles. The molecule has 2 amide bonds. The first kappa shape index (κ1) is 21.9. The summed E-state index contributed by atoms with van der Waals surface area (Å²) in [5, 5.41) is 2.76. The molecular weight excluding hydrogens is 426 g/mol. The third kappa shape index (κ3) is 6.09. The number of alkyl carbamates (subject to hydrolysis) is 1. The van der Waals surface area contributed by atoms with Gasteiger partial charge in [0.15, 0.2) is 5.69 Å². The Hall–Kier alpha value is -2.35. The number of rotatable bonds is 6. The van der Waals surface area contributed by atoms with Crippen molar-refractivity contribution in [3.63, 3.8) is 0 Å². The first-order valence-corrected chi connectivity index (χ1v) is 9.79. The standard InChI is InChI=1S/C20H26BrN3O4/c1-11(2)15(24-19(26)28-20(3,4)5)18-23-16(17(22)25)14(27-18)10-12-7-6-8-13(21)9-12/h6-9,11,15H,10H2,1-5H3,(H2,22,25)(H,24,26)/t15-/m0/s1. The van der Waals surface area contributed by atoms with Crippen molar-refractivity contribution in [2.45, 2.75) is 52.7 Å². The van der Waals surface area contributed by atoms with E-state index in [1.165, 1.54) is 0 Å². The van der Waals surface area contributed by atoms with Gasteiger partial charge in [0.05, 0.1) is 0 Å². The van der Waals surface area contributed by atoms with Crippen molar-refractivity contribution in [1.29, 1.82) is 0 Å². The van der Waals surface area contributed by atoms with Gasteiger partial charge in [-0.15, -0.1) is 0 Å². The molecule has 2 rings (SSSR count). The first-order valence-electron chi connectivity index (χ1n) is 8.99. The van der Waals surface area contributed by atoms with E-state index in [0.29, 0.717) is 12.2 Å². The summed E-state index contributed by atoms with van der Waals surface area (Å²) in [6.45, 7) is 9.16. The minimum atomic E-state index is -0.681. The molecule has 3 N–H and O–H groups in total. The maximum absolute atomic E-state index is 12.2. The number of amides is 2. The summed E-state index contributed by atoms with van der Waals surface area (Å²) in [5.41, 5.74) is 5.85. The molecule has 0 aliphatic heterocycles. The zero-order chi connectivity index (χ0) is 21.1. The highest BCUT2D eigenvalue weighted by atomic mass is 79.9. The summed E-state index contributed by atoms with van der Waals surface area (Å²) in [7, 11) is 0. The number of benzene rings is 1. The maximum atomic E-state index is 12.2.